The van der Waals surface area contributed by atoms with Crippen LogP contribution >= 0.6 is 12.4 Å². The number of hydrogen-bond donors (Lipinski definition) is 1. The van der Waals surface area contributed by atoms with Gasteiger partial charge in [0.05, 0.1) is 6.04 Å². The predicted molar refractivity (Wildman–Crippen MR) is 107 cm³/mol. The Kier molecular flexibility index (Phi) is 10.3. The van der Waals surface area contributed by atoms with Crippen molar-refractivity contribution in [2.45, 2.75) is 45.6 Å². The fourth-order valence-electron chi connectivity index (χ4n) is 3.43. The Balaban J connectivity index is 0.00000364. The van der Waals surface area contributed by atoms with Crippen LogP contribution in [0.15, 0.2) is 24.3 Å². The molecule has 1 fully saturated rings. The van der Waals surface area contributed by atoms with Crippen molar-refractivity contribution >= 4 is 24.2 Å². The molecule has 0 bridgehead atoms. The van der Waals surface area contributed by atoms with Gasteiger partial charge in [-0.3, -0.25) is 9.59 Å². The minimum absolute atomic E-state index is 0. The number of carbonyl (C=O) groups excluding carboxylic acids is 2. The van der Waals surface area contributed by atoms with E-state index in [1.807, 2.05) is 24.8 Å². The van der Waals surface area contributed by atoms with E-state index in [1.54, 1.807) is 11.0 Å². The van der Waals surface area contributed by atoms with Crippen LogP contribution in [0.4, 0.5) is 4.39 Å². The monoisotopic (exact) mass is 399 g/mol. The summed E-state index contributed by atoms with van der Waals surface area (Å²) in [5.74, 6) is -0.299. The van der Waals surface area contributed by atoms with Crippen LogP contribution in [0.1, 0.15) is 51.1 Å². The van der Waals surface area contributed by atoms with Gasteiger partial charge in [-0.1, -0.05) is 26.0 Å². The van der Waals surface area contributed by atoms with E-state index in [4.69, 9.17) is 0 Å². The Labute approximate surface area is 167 Å². The summed E-state index contributed by atoms with van der Waals surface area (Å²) in [6.07, 6.45) is 2.27. The molecule has 7 heteroatoms. The molecule has 0 saturated carbocycles. The van der Waals surface area contributed by atoms with Gasteiger partial charge in [0.2, 0.25) is 11.8 Å². The minimum atomic E-state index is -0.301. The summed E-state index contributed by atoms with van der Waals surface area (Å²) >= 11 is 0. The molecule has 1 atom stereocenters. The number of rotatable bonds is 8. The lowest BCUT2D eigenvalue weighted by atomic mass is 10.0. The summed E-state index contributed by atoms with van der Waals surface area (Å²) in [6, 6.07) is 6.20. The van der Waals surface area contributed by atoms with Crippen LogP contribution in [0, 0.1) is 5.82 Å². The van der Waals surface area contributed by atoms with Crippen molar-refractivity contribution in [1.29, 1.82) is 0 Å². The minimum Gasteiger partial charge on any atom is -0.343 e. The van der Waals surface area contributed by atoms with Gasteiger partial charge in [0.25, 0.3) is 0 Å². The molecule has 1 aliphatic rings. The highest BCUT2D eigenvalue weighted by atomic mass is 35.5. The van der Waals surface area contributed by atoms with Gasteiger partial charge in [0, 0.05) is 45.6 Å². The van der Waals surface area contributed by atoms with E-state index >= 15 is 0 Å². The summed E-state index contributed by atoms with van der Waals surface area (Å²) < 4.78 is 13.6. The van der Waals surface area contributed by atoms with Crippen molar-refractivity contribution in [1.82, 2.24) is 15.1 Å². The molecular weight excluding hydrogens is 369 g/mol. The van der Waals surface area contributed by atoms with Crippen LogP contribution in [-0.2, 0) is 9.59 Å². The zero-order valence-electron chi connectivity index (χ0n) is 16.2. The Morgan fingerprint density at radius 1 is 1.22 bits per heavy atom. The fraction of sp³-hybridized carbons (Fsp3) is 0.600. The number of hydrogen-bond acceptors (Lipinski definition) is 3. The Morgan fingerprint density at radius 3 is 2.56 bits per heavy atom. The molecule has 27 heavy (non-hydrogen) atoms. The molecule has 0 aromatic heterocycles. The highest BCUT2D eigenvalue weighted by molar-refractivity contribution is 5.85. The molecule has 0 spiro atoms. The van der Waals surface area contributed by atoms with Gasteiger partial charge in [-0.2, -0.15) is 0 Å². The third-order valence-electron chi connectivity index (χ3n) is 4.69. The smallest absolute Gasteiger partial charge is 0.223 e. The zero-order valence-corrected chi connectivity index (χ0v) is 17.1. The molecule has 2 rings (SSSR count). The first-order valence-corrected chi connectivity index (χ1v) is 9.60. The third-order valence-corrected chi connectivity index (χ3v) is 4.69. The maximum absolute atomic E-state index is 13.6. The van der Waals surface area contributed by atoms with Crippen molar-refractivity contribution in [3.63, 3.8) is 0 Å². The summed E-state index contributed by atoms with van der Waals surface area (Å²) in [6.45, 7) is 7.45. The molecule has 1 saturated heterocycles. The van der Waals surface area contributed by atoms with Crippen molar-refractivity contribution in [2.24, 2.45) is 0 Å². The molecule has 5 nitrogen and oxygen atoms in total. The molecule has 1 unspecified atom stereocenters. The molecule has 1 heterocycles. The topological polar surface area (TPSA) is 52.7 Å². The average Bonchev–Trinajstić information content (AvgIpc) is 2.65. The van der Waals surface area contributed by atoms with E-state index < -0.39 is 0 Å². The summed E-state index contributed by atoms with van der Waals surface area (Å²) in [7, 11) is 0. The standard InChI is InChI=1S/C20H30FN3O2.ClH/c1-3-11-23(12-4-2)19(25)8-9-20(26)24-13-10-22-15-18(24)16-6-5-7-17(21)14-16;/h5-7,14,18,22H,3-4,8-13,15H2,1-2H3;1H. The first kappa shape index (κ1) is 23.4. The van der Waals surface area contributed by atoms with Gasteiger partial charge in [-0.15, -0.1) is 12.4 Å². The molecule has 0 aliphatic carbocycles. The molecule has 1 aliphatic heterocycles. The first-order chi connectivity index (χ1) is 12.6. The summed E-state index contributed by atoms with van der Waals surface area (Å²) in [5, 5.41) is 3.26. The number of piperazine rings is 1. The van der Waals surface area contributed by atoms with Gasteiger partial charge in [-0.25, -0.2) is 4.39 Å². The van der Waals surface area contributed by atoms with E-state index in [9.17, 15) is 14.0 Å². The number of carbonyl (C=O) groups is 2. The second-order valence-corrected chi connectivity index (χ2v) is 6.74. The summed E-state index contributed by atoms with van der Waals surface area (Å²) in [5.41, 5.74) is 0.787. The number of benzene rings is 1. The maximum Gasteiger partial charge on any atom is 0.223 e. The molecule has 1 N–H and O–H groups in total. The lowest BCUT2D eigenvalue weighted by molar-refractivity contribution is -0.139. The van der Waals surface area contributed by atoms with Crippen LogP contribution in [0.3, 0.4) is 0 Å². The van der Waals surface area contributed by atoms with Crippen LogP contribution in [0.2, 0.25) is 0 Å². The number of amides is 2. The molecule has 152 valence electrons. The van der Waals surface area contributed by atoms with Crippen molar-refractivity contribution in [3.05, 3.63) is 35.6 Å². The lowest BCUT2D eigenvalue weighted by Crippen LogP contribution is -2.49. The Bertz CT molecular complexity index is 609. The maximum atomic E-state index is 13.6. The zero-order chi connectivity index (χ0) is 18.9. The number of nitrogens with one attached hydrogen (secondary N) is 1. The first-order valence-electron chi connectivity index (χ1n) is 9.60. The van der Waals surface area contributed by atoms with Gasteiger partial charge in [0.15, 0.2) is 0 Å². The Morgan fingerprint density at radius 2 is 1.93 bits per heavy atom. The van der Waals surface area contributed by atoms with E-state index in [1.165, 1.54) is 12.1 Å². The van der Waals surface area contributed by atoms with Crippen molar-refractivity contribution in [3.8, 4) is 0 Å². The van der Waals surface area contributed by atoms with E-state index in [2.05, 4.69) is 5.32 Å². The Hall–Kier alpha value is -1.66. The van der Waals surface area contributed by atoms with Gasteiger partial charge in [-0.05, 0) is 30.5 Å². The molecule has 2 amide bonds. The quantitative estimate of drug-likeness (QED) is 0.730. The third kappa shape index (κ3) is 6.78. The van der Waals surface area contributed by atoms with E-state index in [0.29, 0.717) is 19.6 Å². The summed E-state index contributed by atoms with van der Waals surface area (Å²) in [4.78, 5) is 28.8. The highest BCUT2D eigenvalue weighted by Gasteiger charge is 2.28. The second kappa shape index (κ2) is 11.9. The van der Waals surface area contributed by atoms with Crippen LogP contribution in [0.25, 0.3) is 0 Å². The van der Waals surface area contributed by atoms with Crippen LogP contribution in [-0.4, -0.2) is 54.3 Å². The SMILES string of the molecule is CCCN(CCC)C(=O)CCC(=O)N1CCNCC1c1cccc(F)c1.Cl. The number of nitrogens with zero attached hydrogens (tertiary/aromatic N) is 2. The highest BCUT2D eigenvalue weighted by Crippen LogP contribution is 2.24. The average molecular weight is 400 g/mol. The molecule has 1 aromatic rings. The van der Waals surface area contributed by atoms with Crippen LogP contribution in [0.5, 0.6) is 0 Å². The van der Waals surface area contributed by atoms with Crippen molar-refractivity contribution < 1.29 is 14.0 Å². The van der Waals surface area contributed by atoms with Crippen LogP contribution < -0.4 is 5.32 Å². The van der Waals surface area contributed by atoms with Gasteiger partial charge < -0.3 is 15.1 Å². The lowest BCUT2D eigenvalue weighted by Gasteiger charge is -2.36. The number of halogens is 2. The van der Waals surface area contributed by atoms with Gasteiger partial charge >= 0.3 is 0 Å². The molecule has 1 aromatic carbocycles. The molecule has 0 radical (unpaired) electrons. The predicted octanol–water partition coefficient (Wildman–Crippen LogP) is 3.15. The van der Waals surface area contributed by atoms with Gasteiger partial charge in [0.1, 0.15) is 5.82 Å². The molecular formula is C20H31ClFN3O2. The normalized spacial score (nSPS) is 16.6. The van der Waals surface area contributed by atoms with E-state index in [-0.39, 0.29) is 48.9 Å². The fourth-order valence-corrected chi connectivity index (χ4v) is 3.43. The van der Waals surface area contributed by atoms with Crippen molar-refractivity contribution in [2.75, 3.05) is 32.7 Å². The largest absolute Gasteiger partial charge is 0.343 e. The van der Waals surface area contributed by atoms with E-state index in [0.717, 1.165) is 31.5 Å². The second-order valence-electron chi connectivity index (χ2n) is 6.74.